The molecule has 0 bridgehead atoms. The molecule has 1 aliphatic heterocycles. The molecule has 1 N–H and O–H groups in total. The third-order valence-electron chi connectivity index (χ3n) is 4.20. The molecule has 27 heavy (non-hydrogen) atoms. The molecule has 0 saturated carbocycles. The van der Waals surface area contributed by atoms with Crippen LogP contribution in [0.1, 0.15) is 18.4 Å². The van der Waals surface area contributed by atoms with Crippen LogP contribution in [-0.2, 0) is 14.8 Å². The molecule has 142 valence electrons. The summed E-state index contributed by atoms with van der Waals surface area (Å²) in [6, 6.07) is 11.2. The second-order valence-electron chi connectivity index (χ2n) is 6.12. The van der Waals surface area contributed by atoms with Crippen molar-refractivity contribution in [1.29, 1.82) is 0 Å². The lowest BCUT2D eigenvalue weighted by Crippen LogP contribution is -2.27. The van der Waals surface area contributed by atoms with E-state index < -0.39 is 10.0 Å². The van der Waals surface area contributed by atoms with Gasteiger partial charge < -0.3 is 5.32 Å². The second-order valence-corrected chi connectivity index (χ2v) is 8.91. The van der Waals surface area contributed by atoms with E-state index in [1.165, 1.54) is 22.5 Å². The molecule has 5 nitrogen and oxygen atoms in total. The summed E-state index contributed by atoms with van der Waals surface area (Å²) in [7, 11) is -3.46. The Morgan fingerprint density at radius 1 is 1.04 bits per heavy atom. The van der Waals surface area contributed by atoms with Crippen LogP contribution >= 0.6 is 23.2 Å². The van der Waals surface area contributed by atoms with Crippen LogP contribution in [0, 0.1) is 0 Å². The summed E-state index contributed by atoms with van der Waals surface area (Å²) in [4.78, 5) is 12.3. The number of halogens is 2. The Morgan fingerprint density at radius 2 is 1.70 bits per heavy atom. The van der Waals surface area contributed by atoms with Gasteiger partial charge >= 0.3 is 0 Å². The van der Waals surface area contributed by atoms with E-state index in [4.69, 9.17) is 23.2 Å². The number of hydrogen-bond acceptors (Lipinski definition) is 3. The molecule has 1 aliphatic rings. The van der Waals surface area contributed by atoms with E-state index in [0.29, 0.717) is 34.4 Å². The van der Waals surface area contributed by atoms with Gasteiger partial charge in [-0.1, -0.05) is 29.3 Å². The number of hydrogen-bond donors (Lipinski definition) is 1. The molecule has 2 aromatic rings. The fourth-order valence-corrected chi connectivity index (χ4v) is 4.76. The maximum atomic E-state index is 12.5. The van der Waals surface area contributed by atoms with Crippen LogP contribution in [0.5, 0.6) is 0 Å². The van der Waals surface area contributed by atoms with Gasteiger partial charge in [-0.25, -0.2) is 8.42 Å². The highest BCUT2D eigenvalue weighted by Crippen LogP contribution is 2.23. The first-order valence-electron chi connectivity index (χ1n) is 8.40. The molecule has 0 aromatic heterocycles. The summed E-state index contributed by atoms with van der Waals surface area (Å²) in [5.41, 5.74) is 1.18. The molecule has 0 atom stereocenters. The number of benzene rings is 2. The highest BCUT2D eigenvalue weighted by atomic mass is 35.5. The Kier molecular flexibility index (Phi) is 6.22. The predicted octanol–water partition coefficient (Wildman–Crippen LogP) is 4.43. The van der Waals surface area contributed by atoms with Crippen molar-refractivity contribution < 1.29 is 13.2 Å². The summed E-state index contributed by atoms with van der Waals surface area (Å²) in [5.74, 6) is -0.351. The summed E-state index contributed by atoms with van der Waals surface area (Å²) in [5, 5.41) is 3.65. The Balaban J connectivity index is 1.65. The standard InChI is InChI=1S/C19H18Cl2N2O3S/c20-15-5-3-14(18(21)13-15)4-10-19(24)22-16-6-8-17(9-7-16)27(25,26)23-11-1-2-12-23/h3-10,13H,1-2,11-12H2,(H,22,24)/b10-4+. The van der Waals surface area contributed by atoms with Crippen molar-refractivity contribution in [2.24, 2.45) is 0 Å². The van der Waals surface area contributed by atoms with Crippen LogP contribution in [-0.4, -0.2) is 31.7 Å². The number of nitrogens with zero attached hydrogens (tertiary/aromatic N) is 1. The molecule has 0 aliphatic carbocycles. The van der Waals surface area contributed by atoms with Gasteiger partial charge in [0, 0.05) is 34.9 Å². The van der Waals surface area contributed by atoms with Gasteiger partial charge in [0.15, 0.2) is 0 Å². The van der Waals surface area contributed by atoms with Gasteiger partial charge in [0.1, 0.15) is 0 Å². The van der Waals surface area contributed by atoms with Crippen molar-refractivity contribution in [3.05, 3.63) is 64.1 Å². The van der Waals surface area contributed by atoms with Gasteiger partial charge in [-0.2, -0.15) is 4.31 Å². The largest absolute Gasteiger partial charge is 0.323 e. The first kappa shape index (κ1) is 19.9. The van der Waals surface area contributed by atoms with Gasteiger partial charge in [-0.05, 0) is 60.9 Å². The molecule has 0 spiro atoms. The summed E-state index contributed by atoms with van der Waals surface area (Å²) in [6.45, 7) is 1.11. The number of carbonyl (C=O) groups excluding carboxylic acids is 1. The first-order chi connectivity index (χ1) is 12.9. The van der Waals surface area contributed by atoms with Gasteiger partial charge in [0.05, 0.1) is 4.90 Å². The molecular formula is C19H18Cl2N2O3S. The van der Waals surface area contributed by atoms with Crippen LogP contribution in [0.4, 0.5) is 5.69 Å². The number of carbonyl (C=O) groups is 1. The van der Waals surface area contributed by atoms with E-state index in [0.717, 1.165) is 12.8 Å². The first-order valence-corrected chi connectivity index (χ1v) is 10.6. The normalized spacial score (nSPS) is 15.3. The van der Waals surface area contributed by atoms with E-state index >= 15 is 0 Å². The minimum Gasteiger partial charge on any atom is -0.323 e. The molecule has 3 rings (SSSR count). The van der Waals surface area contributed by atoms with E-state index in [1.54, 1.807) is 36.4 Å². The van der Waals surface area contributed by atoms with E-state index in [1.807, 2.05) is 0 Å². The lowest BCUT2D eigenvalue weighted by molar-refractivity contribution is -0.111. The molecule has 1 amide bonds. The molecular weight excluding hydrogens is 407 g/mol. The lowest BCUT2D eigenvalue weighted by Gasteiger charge is -2.15. The summed E-state index contributed by atoms with van der Waals surface area (Å²) >= 11 is 11.9. The second kappa shape index (κ2) is 8.44. The quantitative estimate of drug-likeness (QED) is 0.721. The summed E-state index contributed by atoms with van der Waals surface area (Å²) in [6.07, 6.45) is 4.71. The van der Waals surface area contributed by atoms with Gasteiger partial charge in [0.2, 0.25) is 15.9 Å². The smallest absolute Gasteiger partial charge is 0.248 e. The fraction of sp³-hybridized carbons (Fsp3) is 0.211. The topological polar surface area (TPSA) is 66.5 Å². The Hall–Kier alpha value is -1.86. The Labute approximate surface area is 168 Å². The zero-order chi connectivity index (χ0) is 19.4. The predicted molar refractivity (Wildman–Crippen MR) is 109 cm³/mol. The van der Waals surface area contributed by atoms with Crippen molar-refractivity contribution in [3.63, 3.8) is 0 Å². The van der Waals surface area contributed by atoms with Crippen molar-refractivity contribution in [2.75, 3.05) is 18.4 Å². The Bertz CT molecular complexity index is 967. The van der Waals surface area contributed by atoms with Crippen LogP contribution in [0.15, 0.2) is 53.4 Å². The van der Waals surface area contributed by atoms with Crippen LogP contribution in [0.3, 0.4) is 0 Å². The average molecular weight is 425 g/mol. The molecule has 8 heteroatoms. The maximum absolute atomic E-state index is 12.5. The minimum absolute atomic E-state index is 0.228. The summed E-state index contributed by atoms with van der Waals surface area (Å²) < 4.78 is 26.5. The number of nitrogens with one attached hydrogen (secondary N) is 1. The van der Waals surface area contributed by atoms with Crippen LogP contribution < -0.4 is 5.32 Å². The van der Waals surface area contributed by atoms with Gasteiger partial charge in [0.25, 0.3) is 0 Å². The zero-order valence-electron chi connectivity index (χ0n) is 14.4. The SMILES string of the molecule is O=C(/C=C/c1ccc(Cl)cc1Cl)Nc1ccc(S(=O)(=O)N2CCCC2)cc1. The van der Waals surface area contributed by atoms with E-state index in [9.17, 15) is 13.2 Å². The number of sulfonamides is 1. The molecule has 1 saturated heterocycles. The molecule has 2 aromatic carbocycles. The Morgan fingerprint density at radius 3 is 2.33 bits per heavy atom. The van der Waals surface area contributed by atoms with Crippen molar-refractivity contribution in [1.82, 2.24) is 4.31 Å². The highest BCUT2D eigenvalue weighted by Gasteiger charge is 2.26. The van der Waals surface area contributed by atoms with Gasteiger partial charge in [-0.3, -0.25) is 4.79 Å². The minimum atomic E-state index is -3.46. The number of amides is 1. The lowest BCUT2D eigenvalue weighted by atomic mass is 10.2. The third kappa shape index (κ3) is 4.90. The highest BCUT2D eigenvalue weighted by molar-refractivity contribution is 7.89. The third-order valence-corrected chi connectivity index (χ3v) is 6.68. The van der Waals surface area contributed by atoms with Gasteiger partial charge in [-0.15, -0.1) is 0 Å². The fourth-order valence-electron chi connectivity index (χ4n) is 2.77. The monoisotopic (exact) mass is 424 g/mol. The van der Waals surface area contributed by atoms with Crippen molar-refractivity contribution in [2.45, 2.75) is 17.7 Å². The number of anilines is 1. The van der Waals surface area contributed by atoms with Crippen molar-refractivity contribution in [3.8, 4) is 0 Å². The molecule has 1 fully saturated rings. The number of rotatable bonds is 5. The van der Waals surface area contributed by atoms with Crippen LogP contribution in [0.2, 0.25) is 10.0 Å². The van der Waals surface area contributed by atoms with E-state index in [2.05, 4.69) is 5.32 Å². The molecule has 0 radical (unpaired) electrons. The molecule has 1 heterocycles. The van der Waals surface area contributed by atoms with Crippen LogP contribution in [0.25, 0.3) is 6.08 Å². The van der Waals surface area contributed by atoms with Crippen molar-refractivity contribution >= 4 is 50.9 Å². The maximum Gasteiger partial charge on any atom is 0.248 e. The molecule has 0 unspecified atom stereocenters. The van der Waals surface area contributed by atoms with E-state index in [-0.39, 0.29) is 10.8 Å². The average Bonchev–Trinajstić information content (AvgIpc) is 3.17. The zero-order valence-corrected chi connectivity index (χ0v) is 16.7.